The zero-order valence-electron chi connectivity index (χ0n) is 12.1. The fourth-order valence-electron chi connectivity index (χ4n) is 3.89. The lowest BCUT2D eigenvalue weighted by atomic mass is 10.0. The summed E-state index contributed by atoms with van der Waals surface area (Å²) < 4.78 is 1.40. The van der Waals surface area contributed by atoms with Crippen LogP contribution in [0, 0.1) is 0 Å². The zero-order chi connectivity index (χ0) is 13.5. The van der Waals surface area contributed by atoms with Gasteiger partial charge in [-0.05, 0) is 60.8 Å². The summed E-state index contributed by atoms with van der Waals surface area (Å²) in [6, 6.07) is 10.7. The Morgan fingerprint density at radius 3 is 3.10 bits per heavy atom. The molecule has 3 heterocycles. The van der Waals surface area contributed by atoms with Crippen molar-refractivity contribution in [2.45, 2.75) is 38.3 Å². The van der Waals surface area contributed by atoms with Crippen LogP contribution in [0.4, 0.5) is 5.69 Å². The van der Waals surface area contributed by atoms with Crippen molar-refractivity contribution in [3.05, 3.63) is 29.6 Å². The summed E-state index contributed by atoms with van der Waals surface area (Å²) in [5, 5.41) is 3.59. The van der Waals surface area contributed by atoms with Crippen LogP contribution < -0.4 is 4.90 Å². The van der Waals surface area contributed by atoms with Gasteiger partial charge in [0, 0.05) is 35.6 Å². The molecule has 2 saturated heterocycles. The molecule has 0 saturated carbocycles. The Morgan fingerprint density at radius 1 is 1.25 bits per heavy atom. The van der Waals surface area contributed by atoms with Crippen LogP contribution in [0.15, 0.2) is 29.6 Å². The van der Waals surface area contributed by atoms with Crippen molar-refractivity contribution in [1.82, 2.24) is 4.90 Å². The minimum absolute atomic E-state index is 0.681. The molecule has 2 unspecified atom stereocenters. The average Bonchev–Trinajstić information content (AvgIpc) is 3.13. The predicted molar refractivity (Wildman–Crippen MR) is 87.8 cm³/mol. The van der Waals surface area contributed by atoms with Crippen molar-refractivity contribution in [3.63, 3.8) is 0 Å². The van der Waals surface area contributed by atoms with Crippen molar-refractivity contribution in [2.75, 3.05) is 24.5 Å². The maximum atomic E-state index is 2.72. The standard InChI is InChI=1S/C17H22N2S/c1-2-14-11-18-8-3-4-16(18)12-19(14)15-5-6-17-13(10-15)7-9-20-17/h5-7,9-10,14,16H,2-4,8,11-12H2,1H3. The van der Waals surface area contributed by atoms with Gasteiger partial charge in [-0.25, -0.2) is 0 Å². The van der Waals surface area contributed by atoms with Crippen LogP contribution in [0.25, 0.3) is 10.1 Å². The van der Waals surface area contributed by atoms with Crippen molar-refractivity contribution in [3.8, 4) is 0 Å². The third kappa shape index (κ3) is 2.04. The highest BCUT2D eigenvalue weighted by atomic mass is 32.1. The predicted octanol–water partition coefficient (Wildman–Crippen LogP) is 3.96. The molecular weight excluding hydrogens is 264 g/mol. The molecule has 2 nitrogen and oxygen atoms in total. The molecule has 1 aromatic heterocycles. The fraction of sp³-hybridized carbons (Fsp3) is 0.529. The van der Waals surface area contributed by atoms with Gasteiger partial charge in [0.05, 0.1) is 0 Å². The third-order valence-electron chi connectivity index (χ3n) is 5.03. The van der Waals surface area contributed by atoms with Gasteiger partial charge in [0.1, 0.15) is 0 Å². The van der Waals surface area contributed by atoms with Gasteiger partial charge >= 0.3 is 0 Å². The smallest absolute Gasteiger partial charge is 0.0415 e. The summed E-state index contributed by atoms with van der Waals surface area (Å²) in [4.78, 5) is 5.39. The molecule has 2 fully saturated rings. The lowest BCUT2D eigenvalue weighted by molar-refractivity contribution is 0.195. The van der Waals surface area contributed by atoms with E-state index in [1.54, 1.807) is 0 Å². The molecule has 0 aliphatic carbocycles. The number of fused-ring (bicyclic) bond motifs is 2. The lowest BCUT2D eigenvalue weighted by Crippen LogP contribution is -2.56. The second-order valence-corrected chi connectivity index (χ2v) is 7.10. The summed E-state index contributed by atoms with van der Waals surface area (Å²) >= 11 is 1.84. The molecule has 1 aromatic carbocycles. The SMILES string of the molecule is CCC1CN2CCCC2CN1c1ccc2sccc2c1. The van der Waals surface area contributed by atoms with Crippen LogP contribution in [-0.4, -0.2) is 36.6 Å². The number of nitrogens with zero attached hydrogens (tertiary/aromatic N) is 2. The van der Waals surface area contributed by atoms with Gasteiger partial charge in [-0.2, -0.15) is 0 Å². The van der Waals surface area contributed by atoms with E-state index in [1.807, 2.05) is 11.3 Å². The zero-order valence-corrected chi connectivity index (χ0v) is 12.9. The van der Waals surface area contributed by atoms with E-state index in [0.29, 0.717) is 6.04 Å². The molecule has 0 radical (unpaired) electrons. The van der Waals surface area contributed by atoms with Crippen LogP contribution >= 0.6 is 11.3 Å². The van der Waals surface area contributed by atoms with Gasteiger partial charge in [-0.15, -0.1) is 11.3 Å². The minimum Gasteiger partial charge on any atom is -0.366 e. The lowest BCUT2D eigenvalue weighted by Gasteiger charge is -2.45. The van der Waals surface area contributed by atoms with Crippen molar-refractivity contribution in [1.29, 1.82) is 0 Å². The highest BCUT2D eigenvalue weighted by Gasteiger charge is 2.35. The molecule has 0 spiro atoms. The first-order valence-corrected chi connectivity index (χ1v) is 8.71. The fourth-order valence-corrected chi connectivity index (χ4v) is 4.66. The Morgan fingerprint density at radius 2 is 2.20 bits per heavy atom. The first-order valence-electron chi connectivity index (χ1n) is 7.83. The van der Waals surface area contributed by atoms with E-state index in [1.165, 1.54) is 54.7 Å². The summed E-state index contributed by atoms with van der Waals surface area (Å²) in [6.07, 6.45) is 4.01. The van der Waals surface area contributed by atoms with E-state index in [9.17, 15) is 0 Å². The highest BCUT2D eigenvalue weighted by molar-refractivity contribution is 7.17. The van der Waals surface area contributed by atoms with Gasteiger partial charge in [-0.3, -0.25) is 4.90 Å². The van der Waals surface area contributed by atoms with E-state index < -0.39 is 0 Å². The molecular formula is C17H22N2S. The number of benzene rings is 1. The molecule has 2 aromatic rings. The average molecular weight is 286 g/mol. The Bertz CT molecular complexity index is 606. The molecule has 0 bridgehead atoms. The van der Waals surface area contributed by atoms with E-state index in [4.69, 9.17) is 0 Å². The van der Waals surface area contributed by atoms with Crippen LogP contribution in [0.3, 0.4) is 0 Å². The maximum Gasteiger partial charge on any atom is 0.0415 e. The molecule has 2 atom stereocenters. The summed E-state index contributed by atoms with van der Waals surface area (Å²) in [7, 11) is 0. The molecule has 2 aliphatic rings. The van der Waals surface area contributed by atoms with Gasteiger partial charge in [0.2, 0.25) is 0 Å². The molecule has 3 heteroatoms. The van der Waals surface area contributed by atoms with Crippen LogP contribution in [0.2, 0.25) is 0 Å². The van der Waals surface area contributed by atoms with E-state index in [-0.39, 0.29) is 0 Å². The van der Waals surface area contributed by atoms with Crippen molar-refractivity contribution >= 4 is 27.1 Å². The molecule has 4 rings (SSSR count). The number of anilines is 1. The topological polar surface area (TPSA) is 6.48 Å². The molecule has 0 N–H and O–H groups in total. The van der Waals surface area contributed by atoms with E-state index in [0.717, 1.165) is 6.04 Å². The number of hydrogen-bond acceptors (Lipinski definition) is 3. The van der Waals surface area contributed by atoms with E-state index >= 15 is 0 Å². The number of piperazine rings is 1. The summed E-state index contributed by atoms with van der Waals surface area (Å²) in [6.45, 7) is 6.12. The largest absolute Gasteiger partial charge is 0.366 e. The van der Waals surface area contributed by atoms with Gasteiger partial charge < -0.3 is 4.90 Å². The van der Waals surface area contributed by atoms with Crippen molar-refractivity contribution in [2.24, 2.45) is 0 Å². The Hall–Kier alpha value is -1.06. The van der Waals surface area contributed by atoms with Crippen molar-refractivity contribution < 1.29 is 0 Å². The van der Waals surface area contributed by atoms with Crippen LogP contribution in [-0.2, 0) is 0 Å². The Kier molecular flexibility index (Phi) is 3.20. The van der Waals surface area contributed by atoms with Crippen LogP contribution in [0.5, 0.6) is 0 Å². The molecule has 106 valence electrons. The quantitative estimate of drug-likeness (QED) is 0.824. The Labute approximate surface area is 125 Å². The Balaban J connectivity index is 1.67. The van der Waals surface area contributed by atoms with Crippen LogP contribution in [0.1, 0.15) is 26.2 Å². The van der Waals surface area contributed by atoms with Gasteiger partial charge in [0.15, 0.2) is 0 Å². The molecule has 2 aliphatic heterocycles. The highest BCUT2D eigenvalue weighted by Crippen LogP contribution is 2.32. The number of thiophene rings is 1. The monoisotopic (exact) mass is 286 g/mol. The summed E-state index contributed by atoms with van der Waals surface area (Å²) in [5.41, 5.74) is 1.43. The normalized spacial score (nSPS) is 27.1. The number of hydrogen-bond donors (Lipinski definition) is 0. The maximum absolute atomic E-state index is 2.72. The second-order valence-electron chi connectivity index (χ2n) is 6.15. The summed E-state index contributed by atoms with van der Waals surface area (Å²) in [5.74, 6) is 0. The molecule has 0 amide bonds. The third-order valence-corrected chi connectivity index (χ3v) is 5.93. The number of rotatable bonds is 2. The second kappa shape index (κ2) is 5.05. The van der Waals surface area contributed by atoms with E-state index in [2.05, 4.69) is 46.4 Å². The van der Waals surface area contributed by atoms with Gasteiger partial charge in [0.25, 0.3) is 0 Å². The van der Waals surface area contributed by atoms with Gasteiger partial charge in [-0.1, -0.05) is 6.92 Å². The minimum atomic E-state index is 0.681. The first-order chi connectivity index (χ1) is 9.85. The molecule has 20 heavy (non-hydrogen) atoms. The first kappa shape index (κ1) is 12.7.